The van der Waals surface area contributed by atoms with Crippen molar-refractivity contribution in [3.8, 4) is 17.2 Å². The molecule has 21 heteroatoms. The highest BCUT2D eigenvalue weighted by Gasteiger charge is 2.46. The quantitative estimate of drug-likeness (QED) is 0.0468. The normalized spacial score (nSPS) is 17.0. The second-order valence-corrected chi connectivity index (χ2v) is 15.7. The molecule has 8 rings (SSSR count). The number of nitrogens with two attached hydrogens (primary N) is 1. The van der Waals surface area contributed by atoms with E-state index in [0.29, 0.717) is 74.5 Å². The van der Waals surface area contributed by atoms with E-state index < -0.39 is 29.7 Å². The predicted molar refractivity (Wildman–Crippen MR) is 239 cm³/mol. The van der Waals surface area contributed by atoms with Gasteiger partial charge in [-0.05, 0) is 67.8 Å². The Balaban J connectivity index is 0.708. The molecule has 67 heavy (non-hydrogen) atoms. The molecule has 3 aromatic carbocycles. The van der Waals surface area contributed by atoms with Gasteiger partial charge in [-0.1, -0.05) is 29.5 Å². The number of likely N-dealkylation sites (tertiary alicyclic amines) is 1. The third kappa shape index (κ3) is 11.1. The summed E-state index contributed by atoms with van der Waals surface area (Å²) in [5, 5.41) is 22.8. The molecule has 5 heterocycles. The number of amides is 5. The SMILES string of the molecule is N=C(c1ccc(Oc2ccccc2)cc1)c1c(N)ncnc1NC1CCCN(C(=O)c2cn(CCOCCOCCOCCOc3cccc4c3C(=O)N(C3CCC(=O)NC3=O)C4=O)nn2)C1. The number of imide groups is 2. The number of piperidine rings is 2. The van der Waals surface area contributed by atoms with Gasteiger partial charge in [0.2, 0.25) is 11.8 Å². The smallest absolute Gasteiger partial charge is 0.276 e. The highest BCUT2D eigenvalue weighted by Crippen LogP contribution is 2.34. The van der Waals surface area contributed by atoms with Crippen molar-refractivity contribution in [1.29, 1.82) is 5.41 Å². The van der Waals surface area contributed by atoms with Gasteiger partial charge in [0.25, 0.3) is 17.7 Å². The fraction of sp³-hybridized carbons (Fsp3) is 0.348. The number of rotatable bonds is 21. The molecule has 2 saturated heterocycles. The van der Waals surface area contributed by atoms with Crippen molar-refractivity contribution in [2.24, 2.45) is 0 Å². The molecule has 3 aliphatic rings. The van der Waals surface area contributed by atoms with Crippen LogP contribution in [-0.2, 0) is 30.3 Å². The van der Waals surface area contributed by atoms with Crippen molar-refractivity contribution in [3.05, 3.63) is 113 Å². The zero-order valence-electron chi connectivity index (χ0n) is 36.4. The maximum absolute atomic E-state index is 13.5. The third-order valence-electron chi connectivity index (χ3n) is 11.2. The number of para-hydroxylation sites is 1. The van der Waals surface area contributed by atoms with Crippen molar-refractivity contribution in [1.82, 2.24) is 40.1 Å². The highest BCUT2D eigenvalue weighted by atomic mass is 16.6. The second-order valence-electron chi connectivity index (χ2n) is 15.7. The average molecular weight is 916 g/mol. The zero-order valence-corrected chi connectivity index (χ0v) is 36.4. The van der Waals surface area contributed by atoms with E-state index in [1.807, 2.05) is 30.3 Å². The number of ether oxygens (including phenoxy) is 5. The number of anilines is 2. The molecule has 2 atom stereocenters. The van der Waals surface area contributed by atoms with E-state index in [1.54, 1.807) is 52.2 Å². The number of carbonyl (C=O) groups excluding carboxylic acids is 5. The van der Waals surface area contributed by atoms with Crippen LogP contribution in [0.2, 0.25) is 0 Å². The first-order valence-electron chi connectivity index (χ1n) is 21.8. The Morgan fingerprint density at radius 2 is 1.57 bits per heavy atom. The number of hydrogen-bond acceptors (Lipinski definition) is 17. The summed E-state index contributed by atoms with van der Waals surface area (Å²) in [7, 11) is 0. The van der Waals surface area contributed by atoms with Crippen molar-refractivity contribution in [2.75, 3.05) is 70.4 Å². The Hall–Kier alpha value is -7.62. The maximum atomic E-state index is 13.5. The lowest BCUT2D eigenvalue weighted by molar-refractivity contribution is -0.136. The number of nitrogens with zero attached hydrogens (tertiary/aromatic N) is 7. The summed E-state index contributed by atoms with van der Waals surface area (Å²) in [6.07, 6.45) is 4.55. The van der Waals surface area contributed by atoms with Gasteiger partial charge >= 0.3 is 0 Å². The Labute approximate surface area is 384 Å². The van der Waals surface area contributed by atoms with Gasteiger partial charge in [0, 0.05) is 31.1 Å². The van der Waals surface area contributed by atoms with Gasteiger partial charge in [-0.25, -0.2) is 14.6 Å². The maximum Gasteiger partial charge on any atom is 0.276 e. The molecule has 3 aliphatic heterocycles. The molecule has 2 aromatic heterocycles. The van der Waals surface area contributed by atoms with Crippen LogP contribution in [0.25, 0.3) is 0 Å². The van der Waals surface area contributed by atoms with Crippen LogP contribution in [0.5, 0.6) is 17.2 Å². The standard InChI is InChI=1S/C46H49N11O10/c47-40(29-11-13-32(14-12-29)67-31-7-2-1-3-8-31)39-41(48)49-28-50-42(39)51-30-6-5-17-55(26-30)45(61)34-27-56(54-53-34)18-19-63-20-21-64-22-23-65-24-25-66-36-10-4-9-33-38(36)46(62)57(44(33)60)35-15-16-37(58)52-43(35)59/h1-4,7-14,27-28,30,35,47H,5-6,15-26H2,(H,52,58,59)(H3,48,49,50,51). The third-order valence-corrected chi connectivity index (χ3v) is 11.2. The summed E-state index contributed by atoms with van der Waals surface area (Å²) in [6.45, 7) is 3.14. The van der Waals surface area contributed by atoms with Gasteiger partial charge in [0.1, 0.15) is 47.9 Å². The summed E-state index contributed by atoms with van der Waals surface area (Å²) in [5.41, 5.74) is 7.86. The molecule has 5 aromatic rings. The van der Waals surface area contributed by atoms with Crippen LogP contribution in [0, 0.1) is 5.41 Å². The van der Waals surface area contributed by atoms with E-state index in [-0.39, 0.29) is 78.7 Å². The lowest BCUT2D eigenvalue weighted by Crippen LogP contribution is -2.54. The van der Waals surface area contributed by atoms with Gasteiger partial charge in [0.05, 0.1) is 74.8 Å². The summed E-state index contributed by atoms with van der Waals surface area (Å²) in [4.78, 5) is 74.9. The molecule has 348 valence electrons. The Bertz CT molecular complexity index is 2610. The summed E-state index contributed by atoms with van der Waals surface area (Å²) in [6, 6.07) is 20.0. The van der Waals surface area contributed by atoms with Gasteiger partial charge in [-0.3, -0.25) is 39.6 Å². The van der Waals surface area contributed by atoms with Crippen molar-refractivity contribution >= 4 is 46.9 Å². The molecular weight excluding hydrogens is 867 g/mol. The average Bonchev–Trinajstić information content (AvgIpc) is 3.91. The van der Waals surface area contributed by atoms with Crippen LogP contribution in [0.1, 0.15) is 68.0 Å². The van der Waals surface area contributed by atoms with Crippen LogP contribution in [-0.4, -0.2) is 141 Å². The molecule has 0 bridgehead atoms. The molecule has 5 amide bonds. The van der Waals surface area contributed by atoms with Gasteiger partial charge in [-0.15, -0.1) is 5.10 Å². The Morgan fingerprint density at radius 1 is 0.836 bits per heavy atom. The van der Waals surface area contributed by atoms with Gasteiger partial charge < -0.3 is 39.6 Å². The van der Waals surface area contributed by atoms with E-state index in [4.69, 9.17) is 34.8 Å². The van der Waals surface area contributed by atoms with Crippen LogP contribution in [0.3, 0.4) is 0 Å². The molecule has 0 aliphatic carbocycles. The minimum Gasteiger partial charge on any atom is -0.490 e. The summed E-state index contributed by atoms with van der Waals surface area (Å²) in [5.74, 6) is -0.511. The van der Waals surface area contributed by atoms with Crippen LogP contribution in [0.4, 0.5) is 11.6 Å². The van der Waals surface area contributed by atoms with Crippen molar-refractivity contribution < 1.29 is 47.7 Å². The van der Waals surface area contributed by atoms with Crippen molar-refractivity contribution in [3.63, 3.8) is 0 Å². The Morgan fingerprint density at radius 3 is 2.33 bits per heavy atom. The number of fused-ring (bicyclic) bond motifs is 1. The largest absolute Gasteiger partial charge is 0.490 e. The number of aromatic nitrogens is 5. The lowest BCUT2D eigenvalue weighted by atomic mass is 10.0. The number of benzene rings is 3. The minimum atomic E-state index is -1.06. The second kappa shape index (κ2) is 21.6. The number of hydrogen-bond donors (Lipinski definition) is 4. The van der Waals surface area contributed by atoms with E-state index >= 15 is 0 Å². The highest BCUT2D eigenvalue weighted by molar-refractivity contribution is 6.24. The molecule has 0 radical (unpaired) electrons. The summed E-state index contributed by atoms with van der Waals surface area (Å²) < 4.78 is 30.1. The zero-order chi connectivity index (χ0) is 46.7. The van der Waals surface area contributed by atoms with Crippen LogP contribution in [0.15, 0.2) is 85.3 Å². The van der Waals surface area contributed by atoms with Crippen LogP contribution < -0.4 is 25.8 Å². The van der Waals surface area contributed by atoms with E-state index in [1.165, 1.54) is 12.4 Å². The topological polar surface area (TPSA) is 268 Å². The first kappa shape index (κ1) is 45.9. The van der Waals surface area contributed by atoms with Crippen molar-refractivity contribution in [2.45, 2.75) is 44.3 Å². The lowest BCUT2D eigenvalue weighted by Gasteiger charge is -2.33. The van der Waals surface area contributed by atoms with Gasteiger partial charge in [-0.2, -0.15) is 0 Å². The fourth-order valence-corrected chi connectivity index (χ4v) is 7.87. The van der Waals surface area contributed by atoms with E-state index in [9.17, 15) is 24.0 Å². The molecule has 2 unspecified atom stereocenters. The molecule has 0 saturated carbocycles. The van der Waals surface area contributed by atoms with Gasteiger partial charge in [0.15, 0.2) is 5.69 Å². The first-order valence-corrected chi connectivity index (χ1v) is 21.8. The number of carbonyl (C=O) groups is 5. The number of nitrogen functional groups attached to an aromatic ring is 1. The molecule has 21 nitrogen and oxygen atoms in total. The molecule has 5 N–H and O–H groups in total. The Kier molecular flexibility index (Phi) is 14.8. The monoisotopic (exact) mass is 915 g/mol. The first-order chi connectivity index (χ1) is 32.6. The number of nitrogens with one attached hydrogen (secondary N) is 3. The summed E-state index contributed by atoms with van der Waals surface area (Å²) >= 11 is 0. The van der Waals surface area contributed by atoms with Crippen LogP contribution >= 0.6 is 0 Å². The van der Waals surface area contributed by atoms with E-state index in [0.717, 1.165) is 17.7 Å². The molecule has 2 fully saturated rings. The molecule has 0 spiro atoms. The minimum absolute atomic E-state index is 0.0329. The van der Waals surface area contributed by atoms with E-state index in [2.05, 4.69) is 30.9 Å². The molecular formula is C46H49N11O10. The fourth-order valence-electron chi connectivity index (χ4n) is 7.87. The predicted octanol–water partition coefficient (Wildman–Crippen LogP) is 3.11.